The predicted molar refractivity (Wildman–Crippen MR) is 91.5 cm³/mol. The van der Waals surface area contributed by atoms with Crippen LogP contribution in [-0.4, -0.2) is 45.5 Å². The number of nitrogens with zero attached hydrogens (tertiary/aromatic N) is 2. The molecule has 1 aromatic carbocycles. The van der Waals surface area contributed by atoms with E-state index in [0.717, 1.165) is 31.0 Å². The quantitative estimate of drug-likeness (QED) is 0.835. The minimum atomic E-state index is -1.19. The molecule has 7 heteroatoms. The molecule has 3 rings (SSSR count). The number of halogens is 2. The molecular weight excluding hydrogens is 342 g/mol. The van der Waals surface area contributed by atoms with Gasteiger partial charge in [0, 0.05) is 12.6 Å². The summed E-state index contributed by atoms with van der Waals surface area (Å²) >= 11 is 0. The van der Waals surface area contributed by atoms with Crippen molar-refractivity contribution < 1.29 is 23.5 Å². The van der Waals surface area contributed by atoms with Crippen LogP contribution in [0.5, 0.6) is 0 Å². The molecule has 1 saturated heterocycles. The number of carbonyl (C=O) groups is 2. The number of amides is 2. The number of carbonyl (C=O) groups excluding carboxylic acids is 1. The molecule has 2 fully saturated rings. The topological polar surface area (TPSA) is 60.9 Å². The summed E-state index contributed by atoms with van der Waals surface area (Å²) in [6.07, 6.45) is 2.80. The smallest absolute Gasteiger partial charge is 0.408 e. The van der Waals surface area contributed by atoms with E-state index in [1.54, 1.807) is 13.0 Å². The summed E-state index contributed by atoms with van der Waals surface area (Å²) in [6, 6.07) is 3.06. The molecule has 0 bridgehead atoms. The van der Waals surface area contributed by atoms with Gasteiger partial charge in [0.1, 0.15) is 17.2 Å². The van der Waals surface area contributed by atoms with Crippen LogP contribution in [0.2, 0.25) is 0 Å². The van der Waals surface area contributed by atoms with Crippen LogP contribution in [0.1, 0.15) is 38.2 Å². The monoisotopic (exact) mass is 364 g/mol. The van der Waals surface area contributed by atoms with Crippen molar-refractivity contribution in [2.75, 3.05) is 13.1 Å². The van der Waals surface area contributed by atoms with Crippen LogP contribution in [0.15, 0.2) is 30.9 Å². The van der Waals surface area contributed by atoms with Gasteiger partial charge in [0.05, 0.1) is 12.1 Å². The van der Waals surface area contributed by atoms with E-state index in [2.05, 4.69) is 6.58 Å². The Hall–Kier alpha value is -2.44. The molecule has 1 heterocycles. The van der Waals surface area contributed by atoms with Crippen molar-refractivity contribution in [2.45, 2.75) is 43.7 Å². The minimum absolute atomic E-state index is 0.0508. The Bertz CT molecular complexity index is 741. The van der Waals surface area contributed by atoms with E-state index in [1.165, 1.54) is 9.80 Å². The molecule has 1 aliphatic carbocycles. The first-order valence-electron chi connectivity index (χ1n) is 8.65. The van der Waals surface area contributed by atoms with Gasteiger partial charge < -0.3 is 10.0 Å². The molecule has 5 nitrogen and oxygen atoms in total. The van der Waals surface area contributed by atoms with Gasteiger partial charge in [0.15, 0.2) is 0 Å². The molecule has 1 saturated carbocycles. The van der Waals surface area contributed by atoms with Gasteiger partial charge in [-0.1, -0.05) is 18.9 Å². The molecule has 0 aromatic heterocycles. The van der Waals surface area contributed by atoms with E-state index in [4.69, 9.17) is 0 Å². The molecule has 140 valence electrons. The first kappa shape index (κ1) is 18.4. The van der Waals surface area contributed by atoms with E-state index in [0.29, 0.717) is 12.8 Å². The molecule has 2 aliphatic rings. The van der Waals surface area contributed by atoms with Crippen molar-refractivity contribution in [3.8, 4) is 0 Å². The van der Waals surface area contributed by atoms with Crippen LogP contribution in [0.25, 0.3) is 0 Å². The zero-order valence-electron chi connectivity index (χ0n) is 14.7. The fourth-order valence-electron chi connectivity index (χ4n) is 4.36. The van der Waals surface area contributed by atoms with E-state index in [1.807, 2.05) is 0 Å². The standard InChI is InChI=1S/C19H22F2N2O3/c1-3-8-22-16(24)19(6-4-5-7-19)23(17(25)26)12-18(22,2)13-9-14(20)11-15(21)10-13/h3,9-11H,1,4-8,12H2,2H3,(H,25,26)/t18-/m0/s1. The zero-order valence-corrected chi connectivity index (χ0v) is 14.7. The lowest BCUT2D eigenvalue weighted by Crippen LogP contribution is -2.72. The third kappa shape index (κ3) is 2.66. The molecule has 26 heavy (non-hydrogen) atoms. The third-order valence-corrected chi connectivity index (χ3v) is 5.68. The highest BCUT2D eigenvalue weighted by molar-refractivity contribution is 5.92. The lowest BCUT2D eigenvalue weighted by Gasteiger charge is -2.55. The molecule has 1 atom stereocenters. The van der Waals surface area contributed by atoms with Crippen LogP contribution in [0.3, 0.4) is 0 Å². The zero-order chi connectivity index (χ0) is 19.1. The number of benzene rings is 1. The predicted octanol–water partition coefficient (Wildman–Crippen LogP) is 3.50. The SMILES string of the molecule is C=CCN1C(=O)C2(CCCC2)N(C(=O)O)C[C@@]1(C)c1cc(F)cc(F)c1. The maximum absolute atomic E-state index is 13.8. The van der Waals surface area contributed by atoms with Crippen LogP contribution in [-0.2, 0) is 10.3 Å². The van der Waals surface area contributed by atoms with E-state index < -0.39 is 28.8 Å². The van der Waals surface area contributed by atoms with Crippen LogP contribution in [0, 0.1) is 11.6 Å². The molecule has 1 N–H and O–H groups in total. The van der Waals surface area contributed by atoms with Crippen molar-refractivity contribution >= 4 is 12.0 Å². The summed E-state index contributed by atoms with van der Waals surface area (Å²) < 4.78 is 27.6. The number of rotatable bonds is 3. The van der Waals surface area contributed by atoms with E-state index in [-0.39, 0.29) is 24.6 Å². The van der Waals surface area contributed by atoms with Crippen molar-refractivity contribution in [1.82, 2.24) is 9.80 Å². The minimum Gasteiger partial charge on any atom is -0.465 e. The largest absolute Gasteiger partial charge is 0.465 e. The average Bonchev–Trinajstić information content (AvgIpc) is 3.05. The van der Waals surface area contributed by atoms with Crippen LogP contribution >= 0.6 is 0 Å². The first-order valence-corrected chi connectivity index (χ1v) is 8.65. The Kier molecular flexibility index (Phi) is 4.50. The normalized spacial score (nSPS) is 25.0. The Morgan fingerprint density at radius 3 is 2.35 bits per heavy atom. The second-order valence-corrected chi connectivity index (χ2v) is 7.24. The average molecular weight is 364 g/mol. The summed E-state index contributed by atoms with van der Waals surface area (Å²) in [5.74, 6) is -1.86. The maximum atomic E-state index is 13.8. The second kappa shape index (κ2) is 6.37. The summed E-state index contributed by atoms with van der Waals surface area (Å²) in [4.78, 5) is 28.0. The van der Waals surface area contributed by atoms with Gasteiger partial charge in [0.2, 0.25) is 5.91 Å². The summed E-state index contributed by atoms with van der Waals surface area (Å²) in [5, 5.41) is 9.77. The van der Waals surface area contributed by atoms with E-state index >= 15 is 0 Å². The van der Waals surface area contributed by atoms with Gasteiger partial charge >= 0.3 is 6.09 Å². The Morgan fingerprint density at radius 1 is 1.27 bits per heavy atom. The van der Waals surface area contributed by atoms with E-state index in [9.17, 15) is 23.5 Å². The number of hydrogen-bond acceptors (Lipinski definition) is 2. The molecule has 0 radical (unpaired) electrons. The number of carboxylic acid groups (broad SMARTS) is 1. The van der Waals surface area contributed by atoms with Crippen molar-refractivity contribution in [3.63, 3.8) is 0 Å². The van der Waals surface area contributed by atoms with Gasteiger partial charge in [-0.15, -0.1) is 6.58 Å². The van der Waals surface area contributed by atoms with Gasteiger partial charge in [-0.25, -0.2) is 13.6 Å². The Morgan fingerprint density at radius 2 is 1.85 bits per heavy atom. The molecule has 1 spiro atoms. The molecule has 1 aromatic rings. The van der Waals surface area contributed by atoms with Crippen molar-refractivity contribution in [1.29, 1.82) is 0 Å². The molecule has 0 unspecified atom stereocenters. The number of hydrogen-bond donors (Lipinski definition) is 1. The third-order valence-electron chi connectivity index (χ3n) is 5.68. The van der Waals surface area contributed by atoms with Crippen molar-refractivity contribution in [3.05, 3.63) is 48.1 Å². The summed E-state index contributed by atoms with van der Waals surface area (Å²) in [5.41, 5.74) is -2.06. The highest BCUT2D eigenvalue weighted by atomic mass is 19.1. The fraction of sp³-hybridized carbons (Fsp3) is 0.474. The molecule has 1 aliphatic heterocycles. The Labute approximate surface area is 150 Å². The Balaban J connectivity index is 2.16. The van der Waals surface area contributed by atoms with Crippen LogP contribution in [0.4, 0.5) is 13.6 Å². The lowest BCUT2D eigenvalue weighted by atomic mass is 9.80. The van der Waals surface area contributed by atoms with Gasteiger partial charge in [-0.2, -0.15) is 0 Å². The van der Waals surface area contributed by atoms with Crippen LogP contribution < -0.4 is 0 Å². The first-order chi connectivity index (χ1) is 12.2. The molecule has 2 amide bonds. The summed E-state index contributed by atoms with van der Waals surface area (Å²) in [7, 11) is 0. The van der Waals surface area contributed by atoms with Crippen molar-refractivity contribution in [2.24, 2.45) is 0 Å². The van der Waals surface area contributed by atoms with Gasteiger partial charge in [-0.3, -0.25) is 9.69 Å². The highest BCUT2D eigenvalue weighted by Crippen LogP contribution is 2.46. The molecular formula is C19H22F2N2O3. The highest BCUT2D eigenvalue weighted by Gasteiger charge is 2.59. The second-order valence-electron chi connectivity index (χ2n) is 7.24. The fourth-order valence-corrected chi connectivity index (χ4v) is 4.36. The van der Waals surface area contributed by atoms with Gasteiger partial charge in [-0.05, 0) is 37.5 Å². The maximum Gasteiger partial charge on any atom is 0.408 e. The van der Waals surface area contributed by atoms with Gasteiger partial charge in [0.25, 0.3) is 0 Å². The lowest BCUT2D eigenvalue weighted by molar-refractivity contribution is -0.161. The number of piperazine rings is 1. The summed E-state index contributed by atoms with van der Waals surface area (Å²) in [6.45, 7) is 5.44.